The average Bonchev–Trinajstić information content (AvgIpc) is 3.39. The van der Waals surface area contributed by atoms with E-state index >= 15 is 0 Å². The highest BCUT2D eigenvalue weighted by molar-refractivity contribution is 6.30. The van der Waals surface area contributed by atoms with E-state index in [0.717, 1.165) is 0 Å². The first-order valence-corrected chi connectivity index (χ1v) is 9.81. The van der Waals surface area contributed by atoms with Crippen LogP contribution in [0.3, 0.4) is 0 Å². The number of amides is 1. The number of nitrogens with one attached hydrogen (secondary N) is 1. The second kappa shape index (κ2) is 8.88. The van der Waals surface area contributed by atoms with Crippen LogP contribution >= 0.6 is 11.6 Å². The van der Waals surface area contributed by atoms with E-state index in [1.54, 1.807) is 47.1 Å². The molecule has 152 valence electrons. The molecule has 4 aromatic rings. The first kappa shape index (κ1) is 19.8. The maximum Gasteiger partial charge on any atom is 0.292 e. The van der Waals surface area contributed by atoms with Gasteiger partial charge in [0.25, 0.3) is 5.91 Å². The molecule has 0 saturated carbocycles. The molecule has 0 aliphatic heterocycles. The maximum atomic E-state index is 12.5. The number of carbonyl (C=O) groups excluding carboxylic acids is 1. The summed E-state index contributed by atoms with van der Waals surface area (Å²) >= 11 is 5.86. The van der Waals surface area contributed by atoms with Crippen LogP contribution in [0.5, 0.6) is 5.75 Å². The quantitative estimate of drug-likeness (QED) is 0.438. The van der Waals surface area contributed by atoms with E-state index in [1.807, 2.05) is 18.3 Å². The SMILES string of the molecule is Cc1ccccc1Cn1ccc(NC(=O)c2ccc(COc3ccc(Cl)cc3)o2)n1. The molecule has 0 saturated heterocycles. The number of nitrogens with zero attached hydrogens (tertiary/aromatic N) is 2. The van der Waals surface area contributed by atoms with Gasteiger partial charge in [0.2, 0.25) is 0 Å². The Morgan fingerprint density at radius 3 is 2.70 bits per heavy atom. The molecule has 0 atom stereocenters. The van der Waals surface area contributed by atoms with Crippen LogP contribution in [0.1, 0.15) is 27.4 Å². The van der Waals surface area contributed by atoms with Crippen LogP contribution in [-0.4, -0.2) is 15.7 Å². The zero-order valence-electron chi connectivity index (χ0n) is 16.3. The van der Waals surface area contributed by atoms with Gasteiger partial charge in [0, 0.05) is 17.3 Å². The van der Waals surface area contributed by atoms with Crippen molar-refractivity contribution in [2.45, 2.75) is 20.1 Å². The number of furan rings is 1. The summed E-state index contributed by atoms with van der Waals surface area (Å²) in [5, 5.41) is 7.80. The van der Waals surface area contributed by atoms with Gasteiger partial charge in [-0.3, -0.25) is 9.48 Å². The Balaban J connectivity index is 1.34. The molecule has 2 aromatic heterocycles. The van der Waals surface area contributed by atoms with Crippen LogP contribution in [0.4, 0.5) is 5.82 Å². The number of carbonyl (C=O) groups is 1. The molecule has 4 rings (SSSR count). The minimum Gasteiger partial charge on any atom is -0.486 e. The van der Waals surface area contributed by atoms with Gasteiger partial charge in [0.05, 0.1) is 6.54 Å². The fourth-order valence-electron chi connectivity index (χ4n) is 2.92. The van der Waals surface area contributed by atoms with Gasteiger partial charge in [-0.25, -0.2) is 0 Å². The number of hydrogen-bond acceptors (Lipinski definition) is 4. The molecule has 30 heavy (non-hydrogen) atoms. The highest BCUT2D eigenvalue weighted by Gasteiger charge is 2.13. The number of benzene rings is 2. The topological polar surface area (TPSA) is 69.3 Å². The number of anilines is 1. The van der Waals surface area contributed by atoms with E-state index in [0.29, 0.717) is 28.9 Å². The van der Waals surface area contributed by atoms with E-state index < -0.39 is 0 Å². The highest BCUT2D eigenvalue weighted by Crippen LogP contribution is 2.18. The van der Waals surface area contributed by atoms with Crippen LogP contribution in [-0.2, 0) is 13.2 Å². The molecule has 1 amide bonds. The van der Waals surface area contributed by atoms with Crippen molar-refractivity contribution in [2.75, 3.05) is 5.32 Å². The number of aromatic nitrogens is 2. The van der Waals surface area contributed by atoms with Crippen LogP contribution in [0.25, 0.3) is 0 Å². The summed E-state index contributed by atoms with van der Waals surface area (Å²) in [6.07, 6.45) is 1.83. The second-order valence-electron chi connectivity index (χ2n) is 6.79. The van der Waals surface area contributed by atoms with E-state index in [4.69, 9.17) is 20.8 Å². The summed E-state index contributed by atoms with van der Waals surface area (Å²) in [5.74, 6) is 1.50. The van der Waals surface area contributed by atoms with Gasteiger partial charge in [0.15, 0.2) is 11.6 Å². The van der Waals surface area contributed by atoms with Crippen molar-refractivity contribution in [2.24, 2.45) is 0 Å². The van der Waals surface area contributed by atoms with Crippen molar-refractivity contribution >= 4 is 23.3 Å². The Morgan fingerprint density at radius 2 is 1.90 bits per heavy atom. The van der Waals surface area contributed by atoms with Gasteiger partial charge in [-0.1, -0.05) is 35.9 Å². The Morgan fingerprint density at radius 1 is 1.10 bits per heavy atom. The molecule has 2 aromatic carbocycles. The van der Waals surface area contributed by atoms with Crippen molar-refractivity contribution in [3.63, 3.8) is 0 Å². The summed E-state index contributed by atoms with van der Waals surface area (Å²) in [7, 11) is 0. The van der Waals surface area contributed by atoms with Crippen molar-refractivity contribution in [3.8, 4) is 5.75 Å². The third-order valence-corrected chi connectivity index (χ3v) is 4.81. The highest BCUT2D eigenvalue weighted by atomic mass is 35.5. The normalized spacial score (nSPS) is 10.7. The van der Waals surface area contributed by atoms with Gasteiger partial charge in [-0.05, 0) is 54.4 Å². The zero-order chi connectivity index (χ0) is 20.9. The predicted octanol–water partition coefficient (Wildman–Crippen LogP) is 5.32. The van der Waals surface area contributed by atoms with Crippen molar-refractivity contribution in [3.05, 3.63) is 101 Å². The van der Waals surface area contributed by atoms with Gasteiger partial charge >= 0.3 is 0 Å². The molecule has 7 heteroatoms. The Kier molecular flexibility index (Phi) is 5.86. The Bertz CT molecular complexity index is 1150. The second-order valence-corrected chi connectivity index (χ2v) is 7.22. The molecule has 0 aliphatic rings. The standard InChI is InChI=1S/C23H20ClN3O3/c1-16-4-2-3-5-17(16)14-27-13-12-22(26-27)25-23(28)21-11-10-20(30-21)15-29-19-8-6-18(24)7-9-19/h2-13H,14-15H2,1H3,(H,25,26,28). The fraction of sp³-hybridized carbons (Fsp3) is 0.130. The Hall–Kier alpha value is -3.51. The first-order valence-electron chi connectivity index (χ1n) is 9.43. The molecule has 0 unspecified atom stereocenters. The third-order valence-electron chi connectivity index (χ3n) is 4.56. The van der Waals surface area contributed by atoms with Gasteiger partial charge < -0.3 is 14.5 Å². The number of halogens is 1. The fourth-order valence-corrected chi connectivity index (χ4v) is 3.05. The predicted molar refractivity (Wildman–Crippen MR) is 115 cm³/mol. The lowest BCUT2D eigenvalue weighted by Gasteiger charge is -2.05. The lowest BCUT2D eigenvalue weighted by atomic mass is 10.1. The zero-order valence-corrected chi connectivity index (χ0v) is 17.1. The van der Waals surface area contributed by atoms with Gasteiger partial charge in [-0.2, -0.15) is 5.10 Å². The van der Waals surface area contributed by atoms with Crippen molar-refractivity contribution < 1.29 is 13.9 Å². The minimum absolute atomic E-state index is 0.193. The van der Waals surface area contributed by atoms with Crippen LogP contribution in [0.2, 0.25) is 5.02 Å². The van der Waals surface area contributed by atoms with Crippen LogP contribution < -0.4 is 10.1 Å². The lowest BCUT2D eigenvalue weighted by molar-refractivity contribution is 0.0992. The monoisotopic (exact) mass is 421 g/mol. The van der Waals surface area contributed by atoms with Gasteiger partial charge in [-0.15, -0.1) is 0 Å². The molecule has 0 fully saturated rings. The van der Waals surface area contributed by atoms with Crippen molar-refractivity contribution in [1.82, 2.24) is 9.78 Å². The van der Waals surface area contributed by atoms with Crippen molar-refractivity contribution in [1.29, 1.82) is 0 Å². The molecular formula is C23H20ClN3O3. The molecule has 0 radical (unpaired) electrons. The first-order chi connectivity index (χ1) is 14.6. The molecular weight excluding hydrogens is 402 g/mol. The average molecular weight is 422 g/mol. The van der Waals surface area contributed by atoms with E-state index in [-0.39, 0.29) is 18.3 Å². The summed E-state index contributed by atoms with van der Waals surface area (Å²) in [4.78, 5) is 12.5. The van der Waals surface area contributed by atoms with Crippen LogP contribution in [0, 0.1) is 6.92 Å². The molecule has 0 spiro atoms. The summed E-state index contributed by atoms with van der Waals surface area (Å²) < 4.78 is 13.0. The molecule has 2 heterocycles. The van der Waals surface area contributed by atoms with Crippen LogP contribution in [0.15, 0.2) is 77.3 Å². The van der Waals surface area contributed by atoms with E-state index in [9.17, 15) is 4.79 Å². The number of hydrogen-bond donors (Lipinski definition) is 1. The van der Waals surface area contributed by atoms with Gasteiger partial charge in [0.1, 0.15) is 18.1 Å². The number of ether oxygens (including phenoxy) is 1. The Labute approximate surface area is 179 Å². The van der Waals surface area contributed by atoms with E-state index in [2.05, 4.69) is 29.5 Å². The summed E-state index contributed by atoms with van der Waals surface area (Å²) in [5.41, 5.74) is 2.37. The summed E-state index contributed by atoms with van der Waals surface area (Å²) in [6.45, 7) is 2.90. The number of aryl methyl sites for hydroxylation is 1. The molecule has 1 N–H and O–H groups in total. The largest absolute Gasteiger partial charge is 0.486 e. The maximum absolute atomic E-state index is 12.5. The molecule has 0 aliphatic carbocycles. The summed E-state index contributed by atoms with van der Waals surface area (Å²) in [6, 6.07) is 20.2. The smallest absolute Gasteiger partial charge is 0.292 e. The van der Waals surface area contributed by atoms with E-state index in [1.165, 1.54) is 11.1 Å². The number of rotatable bonds is 7. The minimum atomic E-state index is -0.367. The molecule has 0 bridgehead atoms. The molecule has 6 nitrogen and oxygen atoms in total. The third kappa shape index (κ3) is 4.90. The lowest BCUT2D eigenvalue weighted by Crippen LogP contribution is -2.12.